The largest absolute Gasteiger partial charge is 0.416 e. The summed E-state index contributed by atoms with van der Waals surface area (Å²) in [4.78, 5) is 19.5. The van der Waals surface area contributed by atoms with Gasteiger partial charge in [0, 0.05) is 30.6 Å². The van der Waals surface area contributed by atoms with Gasteiger partial charge in [0.05, 0.1) is 27.7 Å². The molecule has 3 aliphatic heterocycles. The quantitative estimate of drug-likeness (QED) is 0.345. The number of fused-ring (bicyclic) bond motifs is 3. The summed E-state index contributed by atoms with van der Waals surface area (Å²) in [6, 6.07) is 7.07. The highest BCUT2D eigenvalue weighted by molar-refractivity contribution is 8.18. The van der Waals surface area contributed by atoms with Gasteiger partial charge in [-0.1, -0.05) is 12.1 Å². The predicted octanol–water partition coefficient (Wildman–Crippen LogP) is 5.23. The summed E-state index contributed by atoms with van der Waals surface area (Å²) in [6.07, 6.45) is -7.93. The fourth-order valence-electron chi connectivity index (χ4n) is 5.21. The third-order valence-corrected chi connectivity index (χ3v) is 8.19. The number of alkyl halides is 6. The van der Waals surface area contributed by atoms with Crippen molar-refractivity contribution in [2.45, 2.75) is 37.3 Å². The molecule has 6 nitrogen and oxygen atoms in total. The number of halogens is 6. The van der Waals surface area contributed by atoms with E-state index in [1.165, 1.54) is 0 Å². The standard InChI is InChI=1S/C25H19F6N5OS/c26-24(27,28)15-3-1-13(19(7-15)25(29,30)31)6-18(12-2-4-20-14(5-12)9-33-35-20)21-22(37)34-23(38-21)36-11-16-8-17(36)10-32-16/h1-5,7,9,16-17,32H,6,8,10-11H2,(H,33,35). The van der Waals surface area contributed by atoms with Gasteiger partial charge in [0.1, 0.15) is 0 Å². The zero-order valence-electron chi connectivity index (χ0n) is 19.5. The molecule has 198 valence electrons. The minimum Gasteiger partial charge on any atom is -0.345 e. The van der Waals surface area contributed by atoms with Crippen molar-refractivity contribution >= 4 is 39.3 Å². The zero-order chi connectivity index (χ0) is 26.8. The summed E-state index contributed by atoms with van der Waals surface area (Å²) in [5.41, 5.74) is -1.75. The second-order valence-corrected chi connectivity index (χ2v) is 10.5. The topological polar surface area (TPSA) is 73.4 Å². The van der Waals surface area contributed by atoms with Crippen LogP contribution in [0.25, 0.3) is 16.5 Å². The summed E-state index contributed by atoms with van der Waals surface area (Å²) in [7, 11) is 0. The van der Waals surface area contributed by atoms with Crippen LogP contribution in [0.2, 0.25) is 0 Å². The molecule has 2 bridgehead atoms. The molecule has 2 aromatic carbocycles. The van der Waals surface area contributed by atoms with Crippen LogP contribution in [-0.4, -0.2) is 51.3 Å². The number of likely N-dealkylation sites (tertiary alicyclic amines) is 1. The number of allylic oxidation sites excluding steroid dienone is 1. The maximum atomic E-state index is 13.9. The molecule has 2 N–H and O–H groups in total. The number of rotatable bonds is 3. The van der Waals surface area contributed by atoms with E-state index in [1.54, 1.807) is 24.4 Å². The van der Waals surface area contributed by atoms with Crippen molar-refractivity contribution in [1.82, 2.24) is 20.4 Å². The SMILES string of the molecule is O=C1N=C(N2CC3CC2CN3)SC1=C(Cc1ccc(C(F)(F)F)cc1C(F)(F)F)c1ccc2[nH]ncc2c1. The molecular formula is C25H19F6N5OS. The van der Waals surface area contributed by atoms with Crippen molar-refractivity contribution in [2.75, 3.05) is 13.1 Å². The molecule has 0 saturated carbocycles. The predicted molar refractivity (Wildman–Crippen MR) is 130 cm³/mol. The van der Waals surface area contributed by atoms with Crippen molar-refractivity contribution in [1.29, 1.82) is 0 Å². The number of thioether (sulfide) groups is 1. The van der Waals surface area contributed by atoms with Gasteiger partial charge < -0.3 is 10.2 Å². The molecule has 2 fully saturated rings. The number of carbonyl (C=O) groups excluding carboxylic acids is 1. The first kappa shape index (κ1) is 25.0. The van der Waals surface area contributed by atoms with Crippen LogP contribution in [0.4, 0.5) is 26.3 Å². The van der Waals surface area contributed by atoms with E-state index >= 15 is 0 Å². The average molecular weight is 552 g/mol. The minimum absolute atomic E-state index is 0.121. The van der Waals surface area contributed by atoms with Crippen molar-refractivity contribution < 1.29 is 31.1 Å². The Balaban J connectivity index is 1.44. The first-order valence-electron chi connectivity index (χ1n) is 11.7. The van der Waals surface area contributed by atoms with Gasteiger partial charge >= 0.3 is 12.4 Å². The zero-order valence-corrected chi connectivity index (χ0v) is 20.3. The normalized spacial score (nSPS) is 23.1. The number of hydrogen-bond acceptors (Lipinski definition) is 5. The number of H-pyrrole nitrogens is 1. The molecule has 3 aliphatic rings. The average Bonchev–Trinajstić information content (AvgIpc) is 3.65. The lowest BCUT2D eigenvalue weighted by Gasteiger charge is -2.28. The monoisotopic (exact) mass is 551 g/mol. The third kappa shape index (κ3) is 4.47. The second kappa shape index (κ2) is 8.87. The lowest BCUT2D eigenvalue weighted by atomic mass is 9.92. The number of aromatic nitrogens is 2. The molecule has 6 rings (SSSR count). The fourth-order valence-corrected chi connectivity index (χ4v) is 6.31. The molecule has 0 radical (unpaired) electrons. The Labute approximate surface area is 216 Å². The second-order valence-electron chi connectivity index (χ2n) is 9.47. The van der Waals surface area contributed by atoms with Crippen LogP contribution in [-0.2, 0) is 23.6 Å². The number of piperazine rings is 1. The maximum absolute atomic E-state index is 13.9. The van der Waals surface area contributed by atoms with E-state index in [0.29, 0.717) is 34.2 Å². The van der Waals surface area contributed by atoms with Gasteiger partial charge in [-0.2, -0.15) is 36.4 Å². The Morgan fingerprint density at radius 2 is 1.89 bits per heavy atom. The Hall–Kier alpha value is -3.32. The highest BCUT2D eigenvalue weighted by Gasteiger charge is 2.43. The Morgan fingerprint density at radius 1 is 1.08 bits per heavy atom. The van der Waals surface area contributed by atoms with Gasteiger partial charge in [-0.15, -0.1) is 0 Å². The summed E-state index contributed by atoms with van der Waals surface area (Å²) < 4.78 is 81.5. The molecule has 1 amide bonds. The van der Waals surface area contributed by atoms with Crippen molar-refractivity contribution in [2.24, 2.45) is 4.99 Å². The van der Waals surface area contributed by atoms with Crippen LogP contribution < -0.4 is 5.32 Å². The third-order valence-electron chi connectivity index (χ3n) is 7.06. The molecule has 2 atom stereocenters. The van der Waals surface area contributed by atoms with E-state index in [1.807, 2.05) is 4.90 Å². The molecule has 4 heterocycles. The van der Waals surface area contributed by atoms with Crippen LogP contribution in [0.5, 0.6) is 0 Å². The molecule has 13 heteroatoms. The highest BCUT2D eigenvalue weighted by atomic mass is 32.2. The first-order chi connectivity index (χ1) is 18.0. The van der Waals surface area contributed by atoms with Crippen molar-refractivity contribution in [3.05, 3.63) is 69.8 Å². The van der Waals surface area contributed by atoms with E-state index in [9.17, 15) is 31.1 Å². The van der Waals surface area contributed by atoms with E-state index in [-0.39, 0.29) is 34.2 Å². The Morgan fingerprint density at radius 3 is 2.58 bits per heavy atom. The van der Waals surface area contributed by atoms with Gasteiger partial charge in [-0.05, 0) is 65.6 Å². The number of nitrogens with one attached hydrogen (secondary N) is 2. The first-order valence-corrected chi connectivity index (χ1v) is 12.5. The summed E-state index contributed by atoms with van der Waals surface area (Å²) >= 11 is 1.10. The molecule has 0 spiro atoms. The van der Waals surface area contributed by atoms with Gasteiger partial charge in [-0.25, -0.2) is 0 Å². The minimum atomic E-state index is -5.03. The number of aromatic amines is 1. The maximum Gasteiger partial charge on any atom is 0.416 e. The van der Waals surface area contributed by atoms with E-state index in [2.05, 4.69) is 20.5 Å². The highest BCUT2D eigenvalue weighted by Crippen LogP contribution is 2.43. The molecule has 2 unspecified atom stereocenters. The van der Waals surface area contributed by atoms with Gasteiger partial charge in [0.2, 0.25) is 0 Å². The molecule has 2 saturated heterocycles. The number of hydrogen-bond donors (Lipinski definition) is 2. The van der Waals surface area contributed by atoms with Crippen molar-refractivity contribution in [3.8, 4) is 0 Å². The molecule has 1 aromatic heterocycles. The lowest BCUT2D eigenvalue weighted by Crippen LogP contribution is -2.45. The van der Waals surface area contributed by atoms with E-state index in [0.717, 1.165) is 30.8 Å². The number of benzene rings is 2. The Bertz CT molecular complexity index is 1510. The number of carbonyl (C=O) groups is 1. The van der Waals surface area contributed by atoms with E-state index in [4.69, 9.17) is 0 Å². The van der Waals surface area contributed by atoms with Crippen LogP contribution >= 0.6 is 11.8 Å². The van der Waals surface area contributed by atoms with Crippen LogP contribution in [0.3, 0.4) is 0 Å². The van der Waals surface area contributed by atoms with Crippen LogP contribution in [0.1, 0.15) is 28.7 Å². The number of amidine groups is 1. The number of nitrogens with zero attached hydrogens (tertiary/aromatic N) is 3. The smallest absolute Gasteiger partial charge is 0.345 e. The van der Waals surface area contributed by atoms with Gasteiger partial charge in [0.15, 0.2) is 5.17 Å². The fraction of sp³-hybridized carbons (Fsp3) is 0.320. The molecule has 38 heavy (non-hydrogen) atoms. The summed E-state index contributed by atoms with van der Waals surface area (Å²) in [5.74, 6) is -0.580. The summed E-state index contributed by atoms with van der Waals surface area (Å²) in [6.45, 7) is 1.42. The van der Waals surface area contributed by atoms with Gasteiger partial charge in [-0.3, -0.25) is 9.89 Å². The molecular weight excluding hydrogens is 532 g/mol. The summed E-state index contributed by atoms with van der Waals surface area (Å²) in [5, 5.41) is 11.3. The lowest BCUT2D eigenvalue weighted by molar-refractivity contribution is -0.143. The Kier molecular flexibility index (Phi) is 5.83. The molecule has 0 aliphatic carbocycles. The van der Waals surface area contributed by atoms with Crippen LogP contribution in [0.15, 0.2) is 52.5 Å². The van der Waals surface area contributed by atoms with E-state index < -0.39 is 35.8 Å². The number of amides is 1. The van der Waals surface area contributed by atoms with Crippen LogP contribution in [0, 0.1) is 0 Å². The number of aliphatic imine (C=N–C) groups is 1. The van der Waals surface area contributed by atoms with Crippen molar-refractivity contribution in [3.63, 3.8) is 0 Å². The molecule has 3 aromatic rings. The van der Waals surface area contributed by atoms with Gasteiger partial charge in [0.25, 0.3) is 5.91 Å².